The highest BCUT2D eigenvalue weighted by Gasteiger charge is 2.21. The molecule has 2 atom stereocenters. The van der Waals surface area contributed by atoms with Crippen molar-refractivity contribution < 1.29 is 9.59 Å². The van der Waals surface area contributed by atoms with Crippen molar-refractivity contribution in [3.63, 3.8) is 0 Å². The normalized spacial score (nSPS) is 21.1. The van der Waals surface area contributed by atoms with E-state index in [-0.39, 0.29) is 11.7 Å². The first kappa shape index (κ1) is 22.1. The van der Waals surface area contributed by atoms with E-state index in [4.69, 9.17) is 0 Å². The lowest BCUT2D eigenvalue weighted by Gasteiger charge is -2.16. The van der Waals surface area contributed by atoms with Crippen LogP contribution in [0.15, 0.2) is 48.6 Å². The second kappa shape index (κ2) is 11.6. The lowest BCUT2D eigenvalue weighted by molar-refractivity contribution is -0.124. The van der Waals surface area contributed by atoms with Crippen LogP contribution in [0.3, 0.4) is 0 Å². The summed E-state index contributed by atoms with van der Waals surface area (Å²) in [5, 5.41) is 2.75. The Morgan fingerprint density at radius 1 is 1.08 bits per heavy atom. The molecule has 0 aromatic heterocycles. The first-order chi connectivity index (χ1) is 12.3. The monoisotopic (exact) mass is 359 g/mol. The minimum atomic E-state index is -0.408. The van der Waals surface area contributed by atoms with Gasteiger partial charge in [0.15, 0.2) is 5.78 Å². The lowest BCUT2D eigenvalue weighted by atomic mass is 10.0. The number of likely N-dealkylation sites (N-methyl/N-ethyl adjacent to an activating group) is 2. The minimum absolute atomic E-state index is 0.00943. The maximum atomic E-state index is 11.9. The Morgan fingerprint density at radius 3 is 2.23 bits per heavy atom. The maximum absolute atomic E-state index is 11.9. The van der Waals surface area contributed by atoms with Gasteiger partial charge in [0, 0.05) is 18.7 Å². The summed E-state index contributed by atoms with van der Waals surface area (Å²) in [6.07, 6.45) is 15.6. The van der Waals surface area contributed by atoms with Crippen LogP contribution in [0.5, 0.6) is 0 Å². The molecule has 1 saturated heterocycles. The Morgan fingerprint density at radius 2 is 1.69 bits per heavy atom. The number of rotatable bonds is 9. The van der Waals surface area contributed by atoms with E-state index in [0.29, 0.717) is 18.4 Å². The molecule has 1 N–H and O–H groups in total. The van der Waals surface area contributed by atoms with Crippen LogP contribution in [-0.4, -0.2) is 60.9 Å². The number of hydrogen-bond acceptors (Lipinski definition) is 4. The highest BCUT2D eigenvalue weighted by molar-refractivity contribution is 5.92. The quantitative estimate of drug-likeness (QED) is 0.508. The zero-order chi connectivity index (χ0) is 19.5. The van der Waals surface area contributed by atoms with Gasteiger partial charge >= 0.3 is 0 Å². The molecule has 1 aliphatic rings. The summed E-state index contributed by atoms with van der Waals surface area (Å²) >= 11 is 0. The largest absolute Gasteiger partial charge is 0.343 e. The first-order valence-electron chi connectivity index (χ1n) is 9.17. The van der Waals surface area contributed by atoms with Crippen molar-refractivity contribution >= 4 is 11.7 Å². The third kappa shape index (κ3) is 8.92. The molecule has 1 fully saturated rings. The van der Waals surface area contributed by atoms with Gasteiger partial charge in [-0.1, -0.05) is 56.4 Å². The molecule has 1 rings (SSSR count). The molecule has 0 bridgehead atoms. The maximum Gasteiger partial charge on any atom is 0.244 e. The molecular formula is C21H33N3O2. The molecule has 0 aromatic carbocycles. The number of nitrogens with one attached hydrogen (secondary N) is 1. The molecule has 144 valence electrons. The second-order valence-electron chi connectivity index (χ2n) is 7.32. The van der Waals surface area contributed by atoms with Crippen molar-refractivity contribution in [1.82, 2.24) is 15.1 Å². The molecule has 0 aliphatic carbocycles. The van der Waals surface area contributed by atoms with Gasteiger partial charge in [-0.25, -0.2) is 0 Å². The predicted molar refractivity (Wildman–Crippen MR) is 108 cm³/mol. The SMILES string of the molecule is CC(=O)C(CC(C)C)NC(=O)C=CC=CC=CC=CC1CN(C)CN1C. The van der Waals surface area contributed by atoms with Crippen LogP contribution in [-0.2, 0) is 9.59 Å². The summed E-state index contributed by atoms with van der Waals surface area (Å²) in [4.78, 5) is 28.0. The number of carbonyl (C=O) groups excluding carboxylic acids is 2. The summed E-state index contributed by atoms with van der Waals surface area (Å²) in [6, 6.07) is 0.0474. The Labute approximate surface area is 158 Å². The summed E-state index contributed by atoms with van der Waals surface area (Å²) in [5.41, 5.74) is 0. The van der Waals surface area contributed by atoms with Gasteiger partial charge in [0.2, 0.25) is 5.91 Å². The van der Waals surface area contributed by atoms with E-state index < -0.39 is 6.04 Å². The predicted octanol–water partition coefficient (Wildman–Crippen LogP) is 2.53. The third-order valence-electron chi connectivity index (χ3n) is 4.18. The van der Waals surface area contributed by atoms with Gasteiger partial charge in [0.05, 0.1) is 12.7 Å². The summed E-state index contributed by atoms with van der Waals surface area (Å²) in [7, 11) is 4.24. The van der Waals surface area contributed by atoms with Crippen LogP contribution in [0, 0.1) is 5.92 Å². The van der Waals surface area contributed by atoms with Gasteiger partial charge in [-0.15, -0.1) is 0 Å². The fraction of sp³-hybridized carbons (Fsp3) is 0.524. The standard InChI is InChI=1S/C21H33N3O2/c1-17(2)14-20(18(3)25)22-21(26)13-11-9-7-6-8-10-12-19-15-23(4)16-24(19)5/h6-13,17,19-20H,14-16H2,1-5H3,(H,22,26). The Hall–Kier alpha value is -1.98. The smallest absolute Gasteiger partial charge is 0.244 e. The van der Waals surface area contributed by atoms with Crippen LogP contribution in [0.1, 0.15) is 27.2 Å². The van der Waals surface area contributed by atoms with Gasteiger partial charge in [0.25, 0.3) is 0 Å². The van der Waals surface area contributed by atoms with Crippen molar-refractivity contribution in [1.29, 1.82) is 0 Å². The molecular weight excluding hydrogens is 326 g/mol. The zero-order valence-corrected chi connectivity index (χ0v) is 16.7. The molecule has 26 heavy (non-hydrogen) atoms. The van der Waals surface area contributed by atoms with E-state index in [2.05, 4.69) is 35.3 Å². The van der Waals surface area contributed by atoms with Crippen LogP contribution >= 0.6 is 0 Å². The fourth-order valence-electron chi connectivity index (χ4n) is 2.82. The molecule has 1 aliphatic heterocycles. The average molecular weight is 360 g/mol. The number of nitrogens with zero attached hydrogens (tertiary/aromatic N) is 2. The van der Waals surface area contributed by atoms with Crippen molar-refractivity contribution in [3.8, 4) is 0 Å². The molecule has 5 heteroatoms. The first-order valence-corrected chi connectivity index (χ1v) is 9.17. The van der Waals surface area contributed by atoms with Gasteiger partial charge in [-0.3, -0.25) is 19.4 Å². The van der Waals surface area contributed by atoms with Crippen molar-refractivity contribution in [2.45, 2.75) is 39.3 Å². The van der Waals surface area contributed by atoms with Crippen LogP contribution in [0.2, 0.25) is 0 Å². The fourth-order valence-corrected chi connectivity index (χ4v) is 2.82. The Balaban J connectivity index is 2.35. The Kier molecular flexibility index (Phi) is 9.84. The van der Waals surface area contributed by atoms with Gasteiger partial charge in [-0.2, -0.15) is 0 Å². The molecule has 0 spiro atoms. The molecule has 0 saturated carbocycles. The van der Waals surface area contributed by atoms with Crippen LogP contribution < -0.4 is 5.32 Å². The van der Waals surface area contributed by atoms with E-state index in [0.717, 1.165) is 13.2 Å². The van der Waals surface area contributed by atoms with E-state index >= 15 is 0 Å². The topological polar surface area (TPSA) is 52.7 Å². The number of hydrogen-bond donors (Lipinski definition) is 1. The number of amides is 1. The van der Waals surface area contributed by atoms with Gasteiger partial charge in [0.1, 0.15) is 0 Å². The Bertz CT molecular complexity index is 576. The molecule has 1 amide bonds. The summed E-state index contributed by atoms with van der Waals surface area (Å²) < 4.78 is 0. The van der Waals surface area contributed by atoms with Gasteiger partial charge in [-0.05, 0) is 33.4 Å². The zero-order valence-electron chi connectivity index (χ0n) is 16.7. The molecule has 0 aromatic rings. The number of allylic oxidation sites excluding steroid dienone is 6. The highest BCUT2D eigenvalue weighted by atomic mass is 16.2. The molecule has 5 nitrogen and oxygen atoms in total. The van der Waals surface area contributed by atoms with E-state index in [1.165, 1.54) is 13.0 Å². The van der Waals surface area contributed by atoms with Crippen LogP contribution in [0.4, 0.5) is 0 Å². The minimum Gasteiger partial charge on any atom is -0.343 e. The molecule has 1 heterocycles. The molecule has 0 radical (unpaired) electrons. The summed E-state index contributed by atoms with van der Waals surface area (Å²) in [5.74, 6) is 0.105. The van der Waals surface area contributed by atoms with Crippen molar-refractivity contribution in [3.05, 3.63) is 48.6 Å². The second-order valence-corrected chi connectivity index (χ2v) is 7.32. The molecule has 2 unspecified atom stereocenters. The highest BCUT2D eigenvalue weighted by Crippen LogP contribution is 2.09. The number of ketones is 1. The van der Waals surface area contributed by atoms with E-state index in [1.54, 1.807) is 12.2 Å². The van der Waals surface area contributed by atoms with E-state index in [9.17, 15) is 9.59 Å². The van der Waals surface area contributed by atoms with Crippen molar-refractivity contribution in [2.75, 3.05) is 27.3 Å². The van der Waals surface area contributed by atoms with E-state index in [1.807, 2.05) is 38.2 Å². The van der Waals surface area contributed by atoms with Crippen molar-refractivity contribution in [2.24, 2.45) is 5.92 Å². The summed E-state index contributed by atoms with van der Waals surface area (Å²) in [6.45, 7) is 7.62. The number of carbonyl (C=O) groups is 2. The lowest BCUT2D eigenvalue weighted by Crippen LogP contribution is -2.39. The van der Waals surface area contributed by atoms with Gasteiger partial charge < -0.3 is 5.32 Å². The average Bonchev–Trinajstić information content (AvgIpc) is 2.86. The van der Waals surface area contributed by atoms with Crippen LogP contribution in [0.25, 0.3) is 0 Å². The third-order valence-corrected chi connectivity index (χ3v) is 4.18. The number of Topliss-reactive ketones (excluding diaryl/α,β-unsaturated/α-hetero) is 1.